The van der Waals surface area contributed by atoms with Crippen LogP contribution < -0.4 is 0 Å². The molecule has 0 aliphatic rings. The van der Waals surface area contributed by atoms with Gasteiger partial charge < -0.3 is 0 Å². The number of aliphatic hydroxyl groups excluding tert-OH is 2. The molecule has 0 aliphatic heterocycles. The van der Waals surface area contributed by atoms with E-state index in [1.165, 1.54) is 0 Å². The van der Waals surface area contributed by atoms with Crippen LogP contribution in [0.5, 0.6) is 0 Å². The second kappa shape index (κ2) is 6.54. The third kappa shape index (κ3) is 3.61. The predicted molar refractivity (Wildman–Crippen MR) is 59.5 cm³/mol. The Morgan fingerprint density at radius 3 is 1.46 bits per heavy atom. The fourth-order valence-corrected chi connectivity index (χ4v) is 6.78. The maximum atomic E-state index is 8.87. The molecule has 0 aromatic heterocycles. The van der Waals surface area contributed by atoms with Crippen molar-refractivity contribution in [2.24, 2.45) is 0 Å². The van der Waals surface area contributed by atoms with Crippen molar-refractivity contribution in [1.29, 1.82) is 0 Å². The van der Waals surface area contributed by atoms with Crippen LogP contribution in [0, 0.1) is 0 Å². The summed E-state index contributed by atoms with van der Waals surface area (Å²) in [7, 11) is 11.9. The van der Waals surface area contributed by atoms with Gasteiger partial charge in [0.1, 0.15) is 0 Å². The van der Waals surface area contributed by atoms with Crippen molar-refractivity contribution >= 4 is 54.4 Å². The zero-order valence-electron chi connectivity index (χ0n) is 6.38. The Bertz CT molecular complexity index is 205. The molecule has 0 atom stereocenters. The standard InChI is InChI=1S/C6H8Cl4O2Se/c7-1-5(3-11)13(9,10)6(2-8)4-12/h1-2,11-12H,3-4H2/b5-1-,6-2-. The maximum absolute atomic E-state index is 8.87. The van der Waals surface area contributed by atoms with Gasteiger partial charge in [-0.1, -0.05) is 0 Å². The fourth-order valence-electron chi connectivity index (χ4n) is 0.511. The van der Waals surface area contributed by atoms with Crippen molar-refractivity contribution in [2.45, 2.75) is 0 Å². The molecule has 0 rings (SSSR count). The van der Waals surface area contributed by atoms with E-state index >= 15 is 0 Å². The van der Waals surface area contributed by atoms with Crippen LogP contribution in [0.15, 0.2) is 20.0 Å². The topological polar surface area (TPSA) is 40.5 Å². The second-order valence-corrected chi connectivity index (χ2v) is 12.2. The van der Waals surface area contributed by atoms with Gasteiger partial charge in [-0.2, -0.15) is 0 Å². The van der Waals surface area contributed by atoms with E-state index in [1.54, 1.807) is 0 Å². The molecule has 2 N–H and O–H groups in total. The average molecular weight is 333 g/mol. The molecule has 0 heterocycles. The number of halogens is 4. The zero-order valence-corrected chi connectivity index (χ0v) is 11.1. The van der Waals surface area contributed by atoms with Gasteiger partial charge in [-0.3, -0.25) is 0 Å². The Labute approximate surface area is 97.4 Å². The van der Waals surface area contributed by atoms with E-state index in [-0.39, 0.29) is 13.2 Å². The number of hydrogen-bond acceptors (Lipinski definition) is 2. The van der Waals surface area contributed by atoms with E-state index in [0.29, 0.717) is 8.94 Å². The van der Waals surface area contributed by atoms with Gasteiger partial charge in [0.05, 0.1) is 0 Å². The van der Waals surface area contributed by atoms with Gasteiger partial charge in [-0.05, 0) is 0 Å². The summed E-state index contributed by atoms with van der Waals surface area (Å²) in [4.78, 5) is 0. The Balaban J connectivity index is 4.93. The molecule has 0 bridgehead atoms. The molecular weight excluding hydrogens is 325 g/mol. The number of hydrogen-bond donors (Lipinski definition) is 2. The number of aliphatic hydroxyl groups is 2. The van der Waals surface area contributed by atoms with Gasteiger partial charge in [-0.25, -0.2) is 0 Å². The first-order chi connectivity index (χ1) is 6.04. The molecule has 0 aliphatic carbocycles. The summed E-state index contributed by atoms with van der Waals surface area (Å²) < 4.78 is 0.615. The summed E-state index contributed by atoms with van der Waals surface area (Å²) >= 11 is 7.57. The van der Waals surface area contributed by atoms with Crippen molar-refractivity contribution < 1.29 is 10.2 Å². The molecule has 7 heteroatoms. The van der Waals surface area contributed by atoms with E-state index in [0.717, 1.165) is 11.1 Å². The van der Waals surface area contributed by atoms with E-state index in [2.05, 4.69) is 0 Å². The third-order valence-corrected chi connectivity index (χ3v) is 10.2. The molecule has 0 radical (unpaired) electrons. The van der Waals surface area contributed by atoms with Crippen molar-refractivity contribution in [3.63, 3.8) is 0 Å². The molecule has 0 aromatic rings. The van der Waals surface area contributed by atoms with Crippen LogP contribution in [0.4, 0.5) is 0 Å². The monoisotopic (exact) mass is 332 g/mol. The molecule has 0 spiro atoms. The number of rotatable bonds is 4. The van der Waals surface area contributed by atoms with Crippen molar-refractivity contribution in [1.82, 2.24) is 0 Å². The summed E-state index contributed by atoms with van der Waals surface area (Å²) in [5, 5.41) is 17.7. The minimum atomic E-state index is -3.25. The van der Waals surface area contributed by atoms with Gasteiger partial charge in [0.25, 0.3) is 0 Å². The quantitative estimate of drug-likeness (QED) is 0.775. The summed E-state index contributed by atoms with van der Waals surface area (Å²) in [6, 6.07) is 0. The van der Waals surface area contributed by atoms with E-state index < -0.39 is 11.0 Å². The summed E-state index contributed by atoms with van der Waals surface area (Å²) in [5.74, 6) is 0. The van der Waals surface area contributed by atoms with Crippen LogP contribution in [0.3, 0.4) is 0 Å². The van der Waals surface area contributed by atoms with Crippen LogP contribution in [0.25, 0.3) is 0 Å². The average Bonchev–Trinajstić information content (AvgIpc) is 2.07. The van der Waals surface area contributed by atoms with Crippen molar-refractivity contribution in [3.05, 3.63) is 20.0 Å². The Hall–Kier alpha value is 1.08. The van der Waals surface area contributed by atoms with Gasteiger partial charge in [0.15, 0.2) is 0 Å². The van der Waals surface area contributed by atoms with Crippen LogP contribution in [-0.4, -0.2) is 34.4 Å². The molecule has 0 saturated carbocycles. The fraction of sp³-hybridized carbons (Fsp3) is 0.333. The first kappa shape index (κ1) is 14.1. The van der Waals surface area contributed by atoms with E-state index in [9.17, 15) is 0 Å². The SMILES string of the molecule is OC/C(=C/Cl)[Se](Cl)(Cl)/C(=C\Cl)CO. The summed E-state index contributed by atoms with van der Waals surface area (Å²) in [5.41, 5.74) is 2.24. The van der Waals surface area contributed by atoms with Crippen LogP contribution >= 0.6 is 43.4 Å². The van der Waals surface area contributed by atoms with E-state index in [1.807, 2.05) is 0 Å². The van der Waals surface area contributed by atoms with Gasteiger partial charge in [0.2, 0.25) is 0 Å². The molecule has 0 unspecified atom stereocenters. The van der Waals surface area contributed by atoms with Gasteiger partial charge in [-0.15, -0.1) is 0 Å². The molecular formula is C6H8Cl4O2Se. The molecule has 0 saturated heterocycles. The first-order valence-electron chi connectivity index (χ1n) is 3.07. The minimum absolute atomic E-state index is 0.308. The van der Waals surface area contributed by atoms with Gasteiger partial charge >= 0.3 is 97.9 Å². The predicted octanol–water partition coefficient (Wildman–Crippen LogP) is 2.21. The third-order valence-electron chi connectivity index (χ3n) is 1.21. The Kier molecular flexibility index (Phi) is 7.09. The molecule has 2 nitrogen and oxygen atoms in total. The van der Waals surface area contributed by atoms with Crippen molar-refractivity contribution in [2.75, 3.05) is 13.2 Å². The molecule has 0 amide bonds. The molecule has 13 heavy (non-hydrogen) atoms. The summed E-state index contributed by atoms with van der Waals surface area (Å²) in [6.45, 7) is -0.685. The van der Waals surface area contributed by atoms with Crippen LogP contribution in [-0.2, 0) is 0 Å². The molecule has 0 fully saturated rings. The van der Waals surface area contributed by atoms with Crippen LogP contribution in [0.1, 0.15) is 0 Å². The molecule has 0 aromatic carbocycles. The Morgan fingerprint density at radius 2 is 1.31 bits per heavy atom. The second-order valence-electron chi connectivity index (χ2n) is 1.94. The normalized spacial score (nSPS) is 16.2. The van der Waals surface area contributed by atoms with Crippen LogP contribution in [0.2, 0.25) is 0 Å². The first-order valence-corrected chi connectivity index (χ1v) is 10.2. The Morgan fingerprint density at radius 1 is 1.00 bits per heavy atom. The van der Waals surface area contributed by atoms with Crippen molar-refractivity contribution in [3.8, 4) is 0 Å². The zero-order chi connectivity index (χ0) is 10.5. The summed E-state index contributed by atoms with van der Waals surface area (Å²) in [6.07, 6.45) is 0. The molecule has 78 valence electrons. The van der Waals surface area contributed by atoms with E-state index in [4.69, 9.17) is 53.6 Å². The van der Waals surface area contributed by atoms with Gasteiger partial charge in [0, 0.05) is 0 Å².